The second kappa shape index (κ2) is 10.3. The van der Waals surface area contributed by atoms with E-state index < -0.39 is 5.97 Å². The molecule has 0 atom stereocenters. The first-order valence-corrected chi connectivity index (χ1v) is 9.84. The number of esters is 1. The lowest BCUT2D eigenvalue weighted by Crippen LogP contribution is -2.24. The second-order valence-corrected chi connectivity index (χ2v) is 7.09. The number of anilines is 1. The highest BCUT2D eigenvalue weighted by Crippen LogP contribution is 2.28. The van der Waals surface area contributed by atoms with Crippen molar-refractivity contribution in [2.45, 2.75) is 13.8 Å². The zero-order chi connectivity index (χ0) is 22.2. The molecule has 0 unspecified atom stereocenters. The van der Waals surface area contributed by atoms with Crippen LogP contribution in [0.2, 0.25) is 0 Å². The Balaban J connectivity index is 1.62. The summed E-state index contributed by atoms with van der Waals surface area (Å²) < 4.78 is 10.8. The van der Waals surface area contributed by atoms with Crippen molar-refractivity contribution >= 4 is 35.2 Å². The van der Waals surface area contributed by atoms with E-state index in [2.05, 4.69) is 26.9 Å². The molecule has 0 aliphatic carbocycles. The summed E-state index contributed by atoms with van der Waals surface area (Å²) in [7, 11) is 1.50. The first kappa shape index (κ1) is 21.9. The van der Waals surface area contributed by atoms with Gasteiger partial charge in [0.15, 0.2) is 16.6 Å². The maximum Gasteiger partial charge on any atom is 0.345 e. The third-order valence-corrected chi connectivity index (χ3v) is 4.49. The summed E-state index contributed by atoms with van der Waals surface area (Å²) >= 11 is 5.28. The van der Waals surface area contributed by atoms with Crippen molar-refractivity contribution < 1.29 is 14.3 Å². The van der Waals surface area contributed by atoms with Crippen LogP contribution in [0.3, 0.4) is 0 Å². The fraction of sp³-hybridized carbons (Fsp3) is 0.130. The van der Waals surface area contributed by atoms with Crippen LogP contribution in [0, 0.1) is 13.8 Å². The number of nitrogens with zero attached hydrogens (tertiary/aromatic N) is 2. The predicted molar refractivity (Wildman–Crippen MR) is 125 cm³/mol. The molecular formula is C23H22N4O3S. The molecule has 1 aromatic heterocycles. The van der Waals surface area contributed by atoms with Crippen molar-refractivity contribution in [1.29, 1.82) is 0 Å². The highest BCUT2D eigenvalue weighted by Gasteiger charge is 2.12. The van der Waals surface area contributed by atoms with E-state index in [9.17, 15) is 4.79 Å². The van der Waals surface area contributed by atoms with E-state index in [4.69, 9.17) is 21.7 Å². The molecule has 7 nitrogen and oxygen atoms in total. The molecule has 2 aromatic carbocycles. The number of hydrogen-bond donors (Lipinski definition) is 2. The number of aryl methyl sites for hydroxylation is 2. The average molecular weight is 435 g/mol. The van der Waals surface area contributed by atoms with Crippen LogP contribution in [0.5, 0.6) is 11.5 Å². The Hall–Kier alpha value is -3.78. The molecule has 0 fully saturated rings. The number of hydrazone groups is 1. The van der Waals surface area contributed by atoms with E-state index in [0.717, 1.165) is 16.8 Å². The standard InChI is InChI=1S/C23H22N4O3S/c1-15-6-8-19(16(2)11-15)26-23(31)27-25-13-17-7-9-20(21(12-17)29-3)30-22(28)18-5-4-10-24-14-18/h4-14H,1-3H3,(H2,26,27,31). The van der Waals surface area contributed by atoms with Crippen LogP contribution in [-0.2, 0) is 0 Å². The van der Waals surface area contributed by atoms with E-state index in [1.54, 1.807) is 42.7 Å². The van der Waals surface area contributed by atoms with E-state index in [1.807, 2.05) is 26.0 Å². The first-order valence-electron chi connectivity index (χ1n) is 9.44. The van der Waals surface area contributed by atoms with Crippen LogP contribution in [0.4, 0.5) is 5.69 Å². The van der Waals surface area contributed by atoms with Crippen molar-refractivity contribution in [2.24, 2.45) is 5.10 Å². The van der Waals surface area contributed by atoms with Crippen LogP contribution in [0.1, 0.15) is 27.0 Å². The number of rotatable bonds is 6. The topological polar surface area (TPSA) is 84.8 Å². The van der Waals surface area contributed by atoms with Gasteiger partial charge in [-0.2, -0.15) is 5.10 Å². The molecule has 0 saturated heterocycles. The molecule has 0 saturated carbocycles. The molecule has 0 spiro atoms. The Kier molecular flexibility index (Phi) is 7.29. The number of hydrogen-bond acceptors (Lipinski definition) is 6. The Labute approximate surface area is 186 Å². The monoisotopic (exact) mass is 434 g/mol. The summed E-state index contributed by atoms with van der Waals surface area (Å²) in [6.07, 6.45) is 4.62. The largest absolute Gasteiger partial charge is 0.493 e. The molecule has 0 bridgehead atoms. The number of ether oxygens (including phenoxy) is 2. The van der Waals surface area contributed by atoms with Gasteiger partial charge < -0.3 is 14.8 Å². The van der Waals surface area contributed by atoms with Gasteiger partial charge in [-0.3, -0.25) is 10.4 Å². The fourth-order valence-electron chi connectivity index (χ4n) is 2.76. The molecule has 158 valence electrons. The molecule has 0 amide bonds. The normalized spacial score (nSPS) is 10.5. The minimum Gasteiger partial charge on any atom is -0.493 e. The van der Waals surface area contributed by atoms with Gasteiger partial charge in [-0.25, -0.2) is 4.79 Å². The lowest BCUT2D eigenvalue weighted by molar-refractivity contribution is 0.0729. The van der Waals surface area contributed by atoms with Gasteiger partial charge in [0.2, 0.25) is 0 Å². The predicted octanol–water partition coefficient (Wildman–Crippen LogP) is 4.25. The summed E-state index contributed by atoms with van der Waals surface area (Å²) in [6.45, 7) is 4.05. The second-order valence-electron chi connectivity index (χ2n) is 6.68. The van der Waals surface area contributed by atoms with Gasteiger partial charge in [-0.1, -0.05) is 17.7 Å². The summed E-state index contributed by atoms with van der Waals surface area (Å²) in [5, 5.41) is 7.63. The van der Waals surface area contributed by atoms with Crippen molar-refractivity contribution in [3.8, 4) is 11.5 Å². The van der Waals surface area contributed by atoms with Crippen molar-refractivity contribution in [2.75, 3.05) is 12.4 Å². The smallest absolute Gasteiger partial charge is 0.345 e. The summed E-state index contributed by atoms with van der Waals surface area (Å²) in [5.41, 5.74) is 7.06. The van der Waals surface area contributed by atoms with Gasteiger partial charge in [0.05, 0.1) is 18.9 Å². The third-order valence-electron chi connectivity index (χ3n) is 4.30. The molecule has 31 heavy (non-hydrogen) atoms. The number of nitrogens with one attached hydrogen (secondary N) is 2. The molecular weight excluding hydrogens is 412 g/mol. The minimum absolute atomic E-state index is 0.300. The lowest BCUT2D eigenvalue weighted by atomic mass is 10.1. The zero-order valence-corrected chi connectivity index (χ0v) is 18.2. The molecule has 8 heteroatoms. The average Bonchev–Trinajstić information content (AvgIpc) is 2.77. The van der Waals surface area contributed by atoms with Crippen LogP contribution in [0.25, 0.3) is 0 Å². The van der Waals surface area contributed by atoms with Crippen LogP contribution in [0.15, 0.2) is 66.0 Å². The summed E-state index contributed by atoms with van der Waals surface area (Å²) in [5.74, 6) is 0.183. The Bertz CT molecular complexity index is 1120. The number of aromatic nitrogens is 1. The van der Waals surface area contributed by atoms with Crippen molar-refractivity contribution in [3.05, 3.63) is 83.2 Å². The first-order chi connectivity index (χ1) is 15.0. The molecule has 0 aliphatic rings. The minimum atomic E-state index is -0.516. The number of methoxy groups -OCH3 is 1. The Morgan fingerprint density at radius 3 is 2.68 bits per heavy atom. The number of thiocarbonyl (C=S) groups is 1. The number of pyridine rings is 1. The maximum atomic E-state index is 12.2. The van der Waals surface area contributed by atoms with Crippen molar-refractivity contribution in [1.82, 2.24) is 10.4 Å². The van der Waals surface area contributed by atoms with Crippen molar-refractivity contribution in [3.63, 3.8) is 0 Å². The van der Waals surface area contributed by atoms with E-state index in [-0.39, 0.29) is 0 Å². The zero-order valence-electron chi connectivity index (χ0n) is 17.4. The SMILES string of the molecule is COc1cc(C=NNC(=S)Nc2ccc(C)cc2C)ccc1OC(=O)c1cccnc1. The summed E-state index contributed by atoms with van der Waals surface area (Å²) in [4.78, 5) is 16.1. The van der Waals surface area contributed by atoms with E-state index in [1.165, 1.54) is 18.9 Å². The molecule has 0 aliphatic heterocycles. The molecule has 3 aromatic rings. The number of benzene rings is 2. The maximum absolute atomic E-state index is 12.2. The Morgan fingerprint density at radius 2 is 1.97 bits per heavy atom. The Morgan fingerprint density at radius 1 is 1.13 bits per heavy atom. The van der Waals surface area contributed by atoms with Crippen LogP contribution in [-0.4, -0.2) is 29.4 Å². The number of carbonyl (C=O) groups is 1. The number of carbonyl (C=O) groups excluding carboxylic acids is 1. The van der Waals surface area contributed by atoms with Crippen LogP contribution < -0.4 is 20.2 Å². The molecule has 1 heterocycles. The van der Waals surface area contributed by atoms with Gasteiger partial charge in [0.1, 0.15) is 0 Å². The third kappa shape index (κ3) is 6.10. The highest BCUT2D eigenvalue weighted by molar-refractivity contribution is 7.80. The van der Waals surface area contributed by atoms with Gasteiger partial charge in [0, 0.05) is 18.1 Å². The summed E-state index contributed by atoms with van der Waals surface area (Å²) in [6, 6.07) is 14.4. The van der Waals surface area contributed by atoms with Gasteiger partial charge in [-0.15, -0.1) is 0 Å². The van der Waals surface area contributed by atoms with Gasteiger partial charge in [0.25, 0.3) is 0 Å². The van der Waals surface area contributed by atoms with Gasteiger partial charge in [-0.05, 0) is 73.6 Å². The van der Waals surface area contributed by atoms with E-state index >= 15 is 0 Å². The van der Waals surface area contributed by atoms with Crippen LogP contribution >= 0.6 is 12.2 Å². The lowest BCUT2D eigenvalue weighted by Gasteiger charge is -2.11. The van der Waals surface area contributed by atoms with Gasteiger partial charge >= 0.3 is 5.97 Å². The molecule has 2 N–H and O–H groups in total. The molecule has 0 radical (unpaired) electrons. The quantitative estimate of drug-likeness (QED) is 0.197. The highest BCUT2D eigenvalue weighted by atomic mass is 32.1. The van der Waals surface area contributed by atoms with E-state index in [0.29, 0.717) is 22.2 Å². The molecule has 3 rings (SSSR count). The fourth-order valence-corrected chi connectivity index (χ4v) is 2.92.